The lowest BCUT2D eigenvalue weighted by Gasteiger charge is -2.21. The standard InChI is InChI=1S/C26H17ClF5N3O5/c1-34-21(26(30,31)32)13-22(36)35(25(34)38)16-8-9-19(27)20(12-16)33-23(37)24(39-17-6-2-4-14(28)10-17)40-18-7-3-5-15(29)11-18/h2-13,24H,1H3,(H,33,37). The molecular weight excluding hydrogens is 565 g/mol. The van der Waals surface area contributed by atoms with Crippen LogP contribution in [-0.4, -0.2) is 21.3 Å². The van der Waals surface area contributed by atoms with Crippen molar-refractivity contribution in [3.63, 3.8) is 0 Å². The molecule has 40 heavy (non-hydrogen) atoms. The van der Waals surface area contributed by atoms with Gasteiger partial charge in [-0.1, -0.05) is 23.7 Å². The van der Waals surface area contributed by atoms with Crippen molar-refractivity contribution in [3.8, 4) is 17.2 Å². The van der Waals surface area contributed by atoms with Crippen LogP contribution in [0, 0.1) is 11.6 Å². The van der Waals surface area contributed by atoms with Crippen molar-refractivity contribution in [1.82, 2.24) is 9.13 Å². The number of carbonyl (C=O) groups is 1. The van der Waals surface area contributed by atoms with Gasteiger partial charge in [-0.15, -0.1) is 0 Å². The molecule has 3 aromatic carbocycles. The van der Waals surface area contributed by atoms with E-state index >= 15 is 0 Å². The second-order valence-electron chi connectivity index (χ2n) is 8.18. The highest BCUT2D eigenvalue weighted by Crippen LogP contribution is 2.28. The first kappa shape index (κ1) is 28.4. The molecule has 8 nitrogen and oxygen atoms in total. The Morgan fingerprint density at radius 2 is 1.48 bits per heavy atom. The predicted octanol–water partition coefficient (Wildman–Crippen LogP) is 4.91. The topological polar surface area (TPSA) is 91.6 Å². The van der Waals surface area contributed by atoms with E-state index in [9.17, 15) is 36.3 Å². The molecule has 0 radical (unpaired) electrons. The summed E-state index contributed by atoms with van der Waals surface area (Å²) in [5.74, 6) is -2.61. The number of carbonyl (C=O) groups excluding carboxylic acids is 1. The smallest absolute Gasteiger partial charge is 0.431 e. The lowest BCUT2D eigenvalue weighted by molar-refractivity contribution is -0.144. The van der Waals surface area contributed by atoms with Crippen LogP contribution in [-0.2, 0) is 18.0 Å². The van der Waals surface area contributed by atoms with E-state index in [0.717, 1.165) is 37.4 Å². The number of halogens is 6. The molecule has 0 atom stereocenters. The third kappa shape index (κ3) is 6.31. The van der Waals surface area contributed by atoms with Gasteiger partial charge < -0.3 is 14.8 Å². The number of hydrogen-bond donors (Lipinski definition) is 1. The fraction of sp³-hybridized carbons (Fsp3) is 0.115. The molecule has 0 saturated carbocycles. The minimum atomic E-state index is -4.95. The van der Waals surface area contributed by atoms with Crippen molar-refractivity contribution >= 4 is 23.2 Å². The maximum Gasteiger partial charge on any atom is 0.431 e. The van der Waals surface area contributed by atoms with E-state index in [1.807, 2.05) is 0 Å². The average Bonchev–Trinajstić information content (AvgIpc) is 2.87. The van der Waals surface area contributed by atoms with Gasteiger partial charge in [0.25, 0.3) is 5.56 Å². The highest BCUT2D eigenvalue weighted by molar-refractivity contribution is 6.33. The number of rotatable bonds is 7. The van der Waals surface area contributed by atoms with E-state index in [1.54, 1.807) is 0 Å². The summed E-state index contributed by atoms with van der Waals surface area (Å²) in [6.07, 6.45) is -6.78. The second-order valence-corrected chi connectivity index (χ2v) is 8.59. The third-order valence-corrected chi connectivity index (χ3v) is 5.70. The van der Waals surface area contributed by atoms with Crippen molar-refractivity contribution in [2.75, 3.05) is 5.32 Å². The summed E-state index contributed by atoms with van der Waals surface area (Å²) in [7, 11) is 0.845. The van der Waals surface area contributed by atoms with Gasteiger partial charge in [-0.05, 0) is 42.5 Å². The molecule has 1 N–H and O–H groups in total. The Bertz CT molecular complexity index is 1660. The van der Waals surface area contributed by atoms with Crippen LogP contribution in [0.1, 0.15) is 5.69 Å². The van der Waals surface area contributed by atoms with E-state index in [1.165, 1.54) is 36.4 Å². The number of anilines is 1. The van der Waals surface area contributed by atoms with Gasteiger partial charge in [-0.25, -0.2) is 18.1 Å². The van der Waals surface area contributed by atoms with Crippen LogP contribution in [0.3, 0.4) is 0 Å². The molecule has 208 valence electrons. The molecule has 4 rings (SSSR count). The number of nitrogens with one attached hydrogen (secondary N) is 1. The van der Waals surface area contributed by atoms with Gasteiger partial charge in [-0.2, -0.15) is 13.2 Å². The molecule has 1 aromatic heterocycles. The van der Waals surface area contributed by atoms with E-state index in [2.05, 4.69) is 5.32 Å². The van der Waals surface area contributed by atoms with Crippen LogP contribution >= 0.6 is 11.6 Å². The summed E-state index contributed by atoms with van der Waals surface area (Å²) in [4.78, 5) is 38.3. The summed E-state index contributed by atoms with van der Waals surface area (Å²) in [5.41, 5.74) is -4.44. The van der Waals surface area contributed by atoms with Crippen molar-refractivity contribution in [3.05, 3.63) is 116 Å². The molecule has 0 spiro atoms. The van der Waals surface area contributed by atoms with E-state index in [-0.39, 0.29) is 38.5 Å². The molecule has 0 fully saturated rings. The minimum absolute atomic E-state index is 0.0934. The number of amides is 1. The van der Waals surface area contributed by atoms with Gasteiger partial charge in [0, 0.05) is 25.2 Å². The first-order valence-corrected chi connectivity index (χ1v) is 11.6. The number of aromatic nitrogens is 2. The third-order valence-electron chi connectivity index (χ3n) is 5.37. The Morgan fingerprint density at radius 3 is 2.00 bits per heavy atom. The van der Waals surface area contributed by atoms with Gasteiger partial charge in [0.1, 0.15) is 28.8 Å². The van der Waals surface area contributed by atoms with Crippen LogP contribution < -0.4 is 26.0 Å². The molecule has 4 aromatic rings. The largest absolute Gasteiger partial charge is 0.446 e. The summed E-state index contributed by atoms with van der Waals surface area (Å²) in [6.45, 7) is 0. The zero-order chi connectivity index (χ0) is 29.2. The predicted molar refractivity (Wildman–Crippen MR) is 134 cm³/mol. The SMILES string of the molecule is Cn1c(C(F)(F)F)cc(=O)n(-c2ccc(Cl)c(NC(=O)C(Oc3cccc(F)c3)Oc3cccc(F)c3)c2)c1=O. The van der Waals surface area contributed by atoms with Crippen molar-refractivity contribution in [2.24, 2.45) is 7.05 Å². The molecule has 0 aliphatic rings. The van der Waals surface area contributed by atoms with E-state index in [4.69, 9.17) is 21.1 Å². The maximum absolute atomic E-state index is 13.7. The Balaban J connectivity index is 1.69. The van der Waals surface area contributed by atoms with Crippen molar-refractivity contribution in [2.45, 2.75) is 12.5 Å². The summed E-state index contributed by atoms with van der Waals surface area (Å²) < 4.78 is 78.6. The molecule has 1 amide bonds. The highest BCUT2D eigenvalue weighted by atomic mass is 35.5. The number of hydrogen-bond acceptors (Lipinski definition) is 5. The zero-order valence-electron chi connectivity index (χ0n) is 20.2. The molecular formula is C26H17ClF5N3O5. The fourth-order valence-corrected chi connectivity index (χ4v) is 3.70. The van der Waals surface area contributed by atoms with Crippen LogP contribution in [0.2, 0.25) is 5.02 Å². The first-order valence-electron chi connectivity index (χ1n) is 11.2. The average molecular weight is 582 g/mol. The highest BCUT2D eigenvalue weighted by Gasteiger charge is 2.35. The minimum Gasteiger partial charge on any atom is -0.446 e. The summed E-state index contributed by atoms with van der Waals surface area (Å²) in [5, 5.41) is 2.27. The molecule has 0 aliphatic heterocycles. The number of ether oxygens (including phenoxy) is 2. The van der Waals surface area contributed by atoms with Crippen LogP contribution in [0.5, 0.6) is 11.5 Å². The molecule has 0 aliphatic carbocycles. The number of benzene rings is 3. The number of alkyl halides is 3. The van der Waals surface area contributed by atoms with Gasteiger partial charge in [0.2, 0.25) is 0 Å². The van der Waals surface area contributed by atoms with Crippen molar-refractivity contribution < 1.29 is 36.2 Å². The van der Waals surface area contributed by atoms with Gasteiger partial charge >= 0.3 is 24.1 Å². The molecule has 1 heterocycles. The second kappa shape index (κ2) is 11.2. The molecule has 0 bridgehead atoms. The zero-order valence-corrected chi connectivity index (χ0v) is 21.0. The summed E-state index contributed by atoms with van der Waals surface area (Å²) >= 11 is 6.18. The van der Waals surface area contributed by atoms with Gasteiger partial charge in [0.05, 0.1) is 16.4 Å². The van der Waals surface area contributed by atoms with Crippen LogP contribution in [0.15, 0.2) is 82.4 Å². The van der Waals surface area contributed by atoms with Crippen LogP contribution in [0.25, 0.3) is 5.69 Å². The Kier molecular flexibility index (Phi) is 7.96. The Hall–Kier alpha value is -4.65. The molecule has 14 heteroatoms. The quantitative estimate of drug-likeness (QED) is 0.247. The normalized spacial score (nSPS) is 11.4. The lowest BCUT2D eigenvalue weighted by Crippen LogP contribution is -2.40. The fourth-order valence-electron chi connectivity index (χ4n) is 3.53. The summed E-state index contributed by atoms with van der Waals surface area (Å²) in [6, 6.07) is 13.2. The van der Waals surface area contributed by atoms with Gasteiger partial charge in [0.15, 0.2) is 0 Å². The maximum atomic E-state index is 13.7. The molecule has 0 saturated heterocycles. The number of nitrogens with zero attached hydrogens (tertiary/aromatic N) is 2. The van der Waals surface area contributed by atoms with E-state index in [0.29, 0.717) is 4.57 Å². The Morgan fingerprint density at radius 1 is 0.900 bits per heavy atom. The van der Waals surface area contributed by atoms with Crippen molar-refractivity contribution in [1.29, 1.82) is 0 Å². The lowest BCUT2D eigenvalue weighted by atomic mass is 10.2. The van der Waals surface area contributed by atoms with Crippen LogP contribution in [0.4, 0.5) is 27.6 Å². The van der Waals surface area contributed by atoms with Gasteiger partial charge in [-0.3, -0.25) is 14.2 Å². The monoisotopic (exact) mass is 581 g/mol. The van der Waals surface area contributed by atoms with E-state index < -0.39 is 47.0 Å². The molecule has 0 unspecified atom stereocenters. The first-order chi connectivity index (χ1) is 18.8. The Labute approximate surface area is 226 Å².